The molecule has 2 rings (SSSR count). The van der Waals surface area contributed by atoms with E-state index in [1.807, 2.05) is 0 Å². The Morgan fingerprint density at radius 1 is 1.44 bits per heavy atom. The minimum Gasteiger partial charge on any atom is -0.369 e. The molecule has 0 radical (unpaired) electrons. The summed E-state index contributed by atoms with van der Waals surface area (Å²) in [6.07, 6.45) is 5.79. The topological polar surface area (TPSA) is 80.9 Å². The first-order chi connectivity index (χ1) is 7.66. The molecule has 2 unspecified atom stereocenters. The van der Waals surface area contributed by atoms with Crippen LogP contribution in [0.2, 0.25) is 5.02 Å². The molecule has 1 aromatic heterocycles. The van der Waals surface area contributed by atoms with Crippen LogP contribution in [0.25, 0.3) is 0 Å². The van der Waals surface area contributed by atoms with Gasteiger partial charge in [-0.3, -0.25) is 4.79 Å². The molecule has 0 bridgehead atoms. The lowest BCUT2D eigenvalue weighted by Crippen LogP contribution is -2.34. The monoisotopic (exact) mass is 240 g/mol. The molecule has 0 saturated heterocycles. The van der Waals surface area contributed by atoms with Crippen LogP contribution in [0.1, 0.15) is 19.3 Å². The highest BCUT2D eigenvalue weighted by atomic mass is 35.5. The van der Waals surface area contributed by atoms with Gasteiger partial charge in [-0.2, -0.15) is 0 Å². The minimum absolute atomic E-state index is 0.0404. The van der Waals surface area contributed by atoms with E-state index in [-0.39, 0.29) is 17.9 Å². The first kappa shape index (κ1) is 11.1. The molecule has 0 aromatic carbocycles. The van der Waals surface area contributed by atoms with Crippen molar-refractivity contribution >= 4 is 23.5 Å². The lowest BCUT2D eigenvalue weighted by Gasteiger charge is -2.17. The van der Waals surface area contributed by atoms with Gasteiger partial charge in [-0.25, -0.2) is 9.97 Å². The maximum atomic E-state index is 11.2. The number of aromatic nitrogens is 2. The summed E-state index contributed by atoms with van der Waals surface area (Å²) in [5, 5.41) is 3.61. The number of carbonyl (C=O) groups is 1. The van der Waals surface area contributed by atoms with Gasteiger partial charge in [-0.05, 0) is 12.8 Å². The Bertz CT molecular complexity index is 381. The second-order valence-electron chi connectivity index (χ2n) is 3.92. The highest BCUT2D eigenvalue weighted by Crippen LogP contribution is 2.27. The molecule has 0 spiro atoms. The second kappa shape index (κ2) is 4.65. The van der Waals surface area contributed by atoms with Gasteiger partial charge in [-0.15, -0.1) is 0 Å². The zero-order valence-electron chi connectivity index (χ0n) is 8.69. The SMILES string of the molecule is NC(=O)C1CCCC1Nc1ncc(Cl)cn1. The molecule has 6 heteroatoms. The van der Waals surface area contributed by atoms with E-state index in [9.17, 15) is 4.79 Å². The Hall–Kier alpha value is -1.36. The molecule has 1 fully saturated rings. The summed E-state index contributed by atoms with van der Waals surface area (Å²) in [5.41, 5.74) is 5.33. The molecule has 2 atom stereocenters. The lowest BCUT2D eigenvalue weighted by atomic mass is 10.0. The Morgan fingerprint density at radius 3 is 2.75 bits per heavy atom. The summed E-state index contributed by atoms with van der Waals surface area (Å²) >= 11 is 5.68. The number of primary amides is 1. The fraction of sp³-hybridized carbons (Fsp3) is 0.500. The number of halogens is 1. The summed E-state index contributed by atoms with van der Waals surface area (Å²) in [7, 11) is 0. The first-order valence-electron chi connectivity index (χ1n) is 5.20. The van der Waals surface area contributed by atoms with Crippen LogP contribution in [0.3, 0.4) is 0 Å². The van der Waals surface area contributed by atoms with Crippen molar-refractivity contribution in [1.29, 1.82) is 0 Å². The molecular formula is C10H13ClN4O. The van der Waals surface area contributed by atoms with Gasteiger partial charge in [0.2, 0.25) is 11.9 Å². The van der Waals surface area contributed by atoms with Gasteiger partial charge in [0, 0.05) is 6.04 Å². The molecule has 1 amide bonds. The van der Waals surface area contributed by atoms with Gasteiger partial charge in [0.15, 0.2) is 0 Å². The van der Waals surface area contributed by atoms with E-state index >= 15 is 0 Å². The van der Waals surface area contributed by atoms with Gasteiger partial charge in [0.05, 0.1) is 23.3 Å². The molecule has 3 N–H and O–H groups in total. The van der Waals surface area contributed by atoms with Crippen molar-refractivity contribution in [2.45, 2.75) is 25.3 Å². The summed E-state index contributed by atoms with van der Waals surface area (Å²) in [5.74, 6) is 0.103. The van der Waals surface area contributed by atoms with Crippen LogP contribution in [0.4, 0.5) is 5.95 Å². The van der Waals surface area contributed by atoms with E-state index in [1.165, 1.54) is 12.4 Å². The van der Waals surface area contributed by atoms with Crippen LogP contribution in [0.5, 0.6) is 0 Å². The van der Waals surface area contributed by atoms with E-state index in [1.54, 1.807) is 0 Å². The minimum atomic E-state index is -0.260. The summed E-state index contributed by atoms with van der Waals surface area (Å²) in [6, 6.07) is 0.0404. The zero-order valence-corrected chi connectivity index (χ0v) is 9.44. The van der Waals surface area contributed by atoms with Crippen LogP contribution in [0, 0.1) is 5.92 Å². The van der Waals surface area contributed by atoms with E-state index in [4.69, 9.17) is 17.3 Å². The number of carbonyl (C=O) groups excluding carboxylic acids is 1. The summed E-state index contributed by atoms with van der Waals surface area (Å²) in [6.45, 7) is 0. The van der Waals surface area contributed by atoms with Crippen LogP contribution in [-0.2, 0) is 4.79 Å². The maximum Gasteiger partial charge on any atom is 0.222 e. The van der Waals surface area contributed by atoms with E-state index in [0.29, 0.717) is 11.0 Å². The Kier molecular flexibility index (Phi) is 3.24. The highest BCUT2D eigenvalue weighted by molar-refractivity contribution is 6.30. The lowest BCUT2D eigenvalue weighted by molar-refractivity contribution is -0.121. The number of hydrogen-bond acceptors (Lipinski definition) is 4. The fourth-order valence-corrected chi connectivity index (χ4v) is 2.12. The number of amides is 1. The van der Waals surface area contributed by atoms with Crippen LogP contribution < -0.4 is 11.1 Å². The van der Waals surface area contributed by atoms with Crippen molar-refractivity contribution in [2.24, 2.45) is 11.7 Å². The molecule has 1 aliphatic rings. The van der Waals surface area contributed by atoms with Gasteiger partial charge in [0.25, 0.3) is 0 Å². The molecule has 1 saturated carbocycles. The van der Waals surface area contributed by atoms with Gasteiger partial charge in [0.1, 0.15) is 0 Å². The van der Waals surface area contributed by atoms with E-state index in [2.05, 4.69) is 15.3 Å². The summed E-state index contributed by atoms with van der Waals surface area (Å²) < 4.78 is 0. The van der Waals surface area contributed by atoms with Crippen molar-refractivity contribution in [3.8, 4) is 0 Å². The fourth-order valence-electron chi connectivity index (χ4n) is 2.03. The number of nitrogens with two attached hydrogens (primary N) is 1. The van der Waals surface area contributed by atoms with Gasteiger partial charge < -0.3 is 11.1 Å². The maximum absolute atomic E-state index is 11.2. The zero-order chi connectivity index (χ0) is 11.5. The number of rotatable bonds is 3. The molecule has 1 aliphatic carbocycles. The number of nitrogens with one attached hydrogen (secondary N) is 1. The van der Waals surface area contributed by atoms with Crippen molar-refractivity contribution in [1.82, 2.24) is 9.97 Å². The smallest absolute Gasteiger partial charge is 0.222 e. The average molecular weight is 241 g/mol. The third-order valence-corrected chi connectivity index (χ3v) is 3.01. The largest absolute Gasteiger partial charge is 0.369 e. The number of anilines is 1. The molecule has 5 nitrogen and oxygen atoms in total. The Balaban J connectivity index is 2.03. The van der Waals surface area contributed by atoms with Crippen molar-refractivity contribution in [3.05, 3.63) is 17.4 Å². The van der Waals surface area contributed by atoms with Gasteiger partial charge >= 0.3 is 0 Å². The Morgan fingerprint density at radius 2 is 2.12 bits per heavy atom. The number of nitrogens with zero attached hydrogens (tertiary/aromatic N) is 2. The Labute approximate surface area is 98.4 Å². The van der Waals surface area contributed by atoms with Crippen LogP contribution >= 0.6 is 11.6 Å². The van der Waals surface area contributed by atoms with Crippen molar-refractivity contribution < 1.29 is 4.79 Å². The van der Waals surface area contributed by atoms with E-state index < -0.39 is 0 Å². The third-order valence-electron chi connectivity index (χ3n) is 2.82. The van der Waals surface area contributed by atoms with Crippen LogP contribution in [0.15, 0.2) is 12.4 Å². The van der Waals surface area contributed by atoms with Crippen molar-refractivity contribution in [3.63, 3.8) is 0 Å². The standard InChI is InChI=1S/C10H13ClN4O/c11-6-4-13-10(14-5-6)15-8-3-1-2-7(8)9(12)16/h4-5,7-8H,1-3H2,(H2,12,16)(H,13,14,15). The number of hydrogen-bond donors (Lipinski definition) is 2. The molecule has 16 heavy (non-hydrogen) atoms. The third kappa shape index (κ3) is 2.41. The predicted octanol–water partition coefficient (Wildman–Crippen LogP) is 1.20. The first-order valence-corrected chi connectivity index (χ1v) is 5.58. The molecule has 1 aromatic rings. The van der Waals surface area contributed by atoms with E-state index in [0.717, 1.165) is 19.3 Å². The molecular weight excluding hydrogens is 228 g/mol. The molecule has 0 aliphatic heterocycles. The normalized spacial score (nSPS) is 24.3. The second-order valence-corrected chi connectivity index (χ2v) is 4.35. The average Bonchev–Trinajstić information content (AvgIpc) is 2.69. The highest BCUT2D eigenvalue weighted by Gasteiger charge is 2.31. The van der Waals surface area contributed by atoms with Crippen LogP contribution in [-0.4, -0.2) is 21.9 Å². The van der Waals surface area contributed by atoms with Crippen molar-refractivity contribution in [2.75, 3.05) is 5.32 Å². The molecule has 86 valence electrons. The quantitative estimate of drug-likeness (QED) is 0.832. The molecule has 1 heterocycles. The predicted molar refractivity (Wildman–Crippen MR) is 61.0 cm³/mol. The van der Waals surface area contributed by atoms with Gasteiger partial charge in [-0.1, -0.05) is 18.0 Å². The summed E-state index contributed by atoms with van der Waals surface area (Å²) in [4.78, 5) is 19.2.